The van der Waals surface area contributed by atoms with E-state index in [1.807, 2.05) is 24.4 Å². The van der Waals surface area contributed by atoms with Gasteiger partial charge in [0.1, 0.15) is 5.76 Å². The molecule has 0 spiro atoms. The number of aryl methyl sites for hydroxylation is 1. The first-order chi connectivity index (χ1) is 10.2. The molecule has 1 N–H and O–H groups in total. The Balaban J connectivity index is 1.55. The maximum Gasteiger partial charge on any atom is 0.220 e. The molecule has 0 aromatic carbocycles. The summed E-state index contributed by atoms with van der Waals surface area (Å²) in [6.45, 7) is 0.464. The minimum Gasteiger partial charge on any atom is -0.360 e. The normalized spacial score (nSPS) is 10.9. The van der Waals surface area contributed by atoms with Gasteiger partial charge in [0.15, 0.2) is 5.15 Å². The van der Waals surface area contributed by atoms with Crippen LogP contribution in [0.1, 0.15) is 17.7 Å². The highest BCUT2D eigenvalue weighted by molar-refractivity contribution is 6.29. The predicted molar refractivity (Wildman–Crippen MR) is 76.9 cm³/mol. The third-order valence-corrected chi connectivity index (χ3v) is 3.31. The summed E-state index contributed by atoms with van der Waals surface area (Å²) < 4.78 is 6.73. The van der Waals surface area contributed by atoms with E-state index >= 15 is 0 Å². The van der Waals surface area contributed by atoms with Gasteiger partial charge in [-0.3, -0.25) is 4.79 Å². The highest BCUT2D eigenvalue weighted by Gasteiger charge is 2.08. The number of fused-ring (bicyclic) bond motifs is 1. The molecule has 0 aliphatic heterocycles. The number of pyridine rings is 1. The van der Waals surface area contributed by atoms with Gasteiger partial charge in [-0.15, -0.1) is 0 Å². The second-order valence-corrected chi connectivity index (χ2v) is 4.97. The van der Waals surface area contributed by atoms with Crippen molar-refractivity contribution in [2.45, 2.75) is 19.4 Å². The van der Waals surface area contributed by atoms with Crippen molar-refractivity contribution in [3.05, 3.63) is 53.1 Å². The Hall–Kier alpha value is -2.34. The Labute approximate surface area is 125 Å². The summed E-state index contributed by atoms with van der Waals surface area (Å²) in [5.41, 5.74) is 2.01. The van der Waals surface area contributed by atoms with Gasteiger partial charge in [0, 0.05) is 37.8 Å². The standard InChI is InChI=1S/C14H13ClN4O2/c15-13-8-11(21-18-13)3-4-14(20)16-9-10-2-1-7-19-12(10)5-6-17-19/h1-2,5-8H,3-4,9H2,(H,16,20). The van der Waals surface area contributed by atoms with Gasteiger partial charge in [0.05, 0.1) is 5.52 Å². The molecule has 108 valence electrons. The first-order valence-electron chi connectivity index (χ1n) is 6.51. The minimum atomic E-state index is -0.0518. The molecule has 3 aromatic rings. The molecule has 3 heterocycles. The molecule has 0 aliphatic rings. The van der Waals surface area contributed by atoms with E-state index in [0.29, 0.717) is 30.3 Å². The highest BCUT2D eigenvalue weighted by atomic mass is 35.5. The van der Waals surface area contributed by atoms with Gasteiger partial charge in [0.25, 0.3) is 0 Å². The van der Waals surface area contributed by atoms with E-state index in [9.17, 15) is 4.79 Å². The lowest BCUT2D eigenvalue weighted by atomic mass is 10.2. The largest absolute Gasteiger partial charge is 0.360 e. The zero-order valence-electron chi connectivity index (χ0n) is 11.1. The van der Waals surface area contributed by atoms with Crippen molar-refractivity contribution in [1.29, 1.82) is 0 Å². The fourth-order valence-corrected chi connectivity index (χ4v) is 2.24. The number of rotatable bonds is 5. The molecular formula is C14H13ClN4O2. The fraction of sp³-hybridized carbons (Fsp3) is 0.214. The molecule has 0 radical (unpaired) electrons. The van der Waals surface area contributed by atoms with Crippen LogP contribution in [0.3, 0.4) is 0 Å². The summed E-state index contributed by atoms with van der Waals surface area (Å²) in [7, 11) is 0. The molecular weight excluding hydrogens is 292 g/mol. The van der Waals surface area contributed by atoms with E-state index in [4.69, 9.17) is 16.1 Å². The van der Waals surface area contributed by atoms with Crippen molar-refractivity contribution in [2.75, 3.05) is 0 Å². The zero-order chi connectivity index (χ0) is 14.7. The number of carbonyl (C=O) groups is 1. The van der Waals surface area contributed by atoms with Crippen molar-refractivity contribution in [3.63, 3.8) is 0 Å². The van der Waals surface area contributed by atoms with Crippen molar-refractivity contribution in [2.24, 2.45) is 0 Å². The van der Waals surface area contributed by atoms with Crippen molar-refractivity contribution >= 4 is 23.0 Å². The number of halogens is 1. The van der Waals surface area contributed by atoms with E-state index in [0.717, 1.165) is 11.1 Å². The summed E-state index contributed by atoms with van der Waals surface area (Å²) >= 11 is 5.65. The summed E-state index contributed by atoms with van der Waals surface area (Å²) in [5.74, 6) is 0.553. The lowest BCUT2D eigenvalue weighted by Gasteiger charge is -2.06. The Kier molecular flexibility index (Phi) is 3.87. The summed E-state index contributed by atoms with van der Waals surface area (Å²) in [6.07, 6.45) is 4.40. The lowest BCUT2D eigenvalue weighted by Crippen LogP contribution is -2.23. The number of hydrogen-bond acceptors (Lipinski definition) is 4. The molecule has 3 rings (SSSR count). The van der Waals surface area contributed by atoms with Gasteiger partial charge in [-0.1, -0.05) is 22.8 Å². The molecule has 0 bridgehead atoms. The molecule has 6 nitrogen and oxygen atoms in total. The highest BCUT2D eigenvalue weighted by Crippen LogP contribution is 2.11. The third-order valence-electron chi connectivity index (χ3n) is 3.13. The van der Waals surface area contributed by atoms with Crippen LogP contribution in [0.5, 0.6) is 0 Å². The topological polar surface area (TPSA) is 72.4 Å². The van der Waals surface area contributed by atoms with E-state index in [2.05, 4.69) is 15.6 Å². The third kappa shape index (κ3) is 3.22. The summed E-state index contributed by atoms with van der Waals surface area (Å²) in [4.78, 5) is 11.8. The quantitative estimate of drug-likeness (QED) is 0.784. The van der Waals surface area contributed by atoms with E-state index < -0.39 is 0 Å². The number of amides is 1. The molecule has 0 unspecified atom stereocenters. The maximum atomic E-state index is 11.8. The Morgan fingerprint density at radius 3 is 3.14 bits per heavy atom. The van der Waals surface area contributed by atoms with Gasteiger partial charge in [-0.25, -0.2) is 4.52 Å². The summed E-state index contributed by atoms with van der Waals surface area (Å²) in [6, 6.07) is 7.39. The Morgan fingerprint density at radius 2 is 2.33 bits per heavy atom. The molecule has 0 saturated carbocycles. The molecule has 0 saturated heterocycles. The van der Waals surface area contributed by atoms with Gasteiger partial charge in [-0.05, 0) is 17.7 Å². The van der Waals surface area contributed by atoms with Crippen LogP contribution in [0.2, 0.25) is 5.15 Å². The van der Waals surface area contributed by atoms with E-state index in [1.54, 1.807) is 16.8 Å². The average molecular weight is 305 g/mol. The number of nitrogens with zero attached hydrogens (tertiary/aromatic N) is 3. The first kappa shape index (κ1) is 13.6. The monoisotopic (exact) mass is 304 g/mol. The zero-order valence-corrected chi connectivity index (χ0v) is 11.9. The van der Waals surface area contributed by atoms with Crippen LogP contribution in [0, 0.1) is 0 Å². The molecule has 1 amide bonds. The van der Waals surface area contributed by atoms with Crippen molar-refractivity contribution in [3.8, 4) is 0 Å². The van der Waals surface area contributed by atoms with Crippen LogP contribution in [0.4, 0.5) is 0 Å². The number of carbonyl (C=O) groups excluding carboxylic acids is 1. The van der Waals surface area contributed by atoms with Crippen molar-refractivity contribution < 1.29 is 9.32 Å². The average Bonchev–Trinajstić information content (AvgIpc) is 3.11. The van der Waals surface area contributed by atoms with Crippen molar-refractivity contribution in [1.82, 2.24) is 20.1 Å². The van der Waals surface area contributed by atoms with Crippen LogP contribution >= 0.6 is 11.6 Å². The van der Waals surface area contributed by atoms with Gasteiger partial charge in [0.2, 0.25) is 5.91 Å². The van der Waals surface area contributed by atoms with Gasteiger partial charge >= 0.3 is 0 Å². The number of hydrogen-bond donors (Lipinski definition) is 1. The number of nitrogens with one attached hydrogen (secondary N) is 1. The van der Waals surface area contributed by atoms with Crippen LogP contribution in [-0.4, -0.2) is 20.7 Å². The predicted octanol–water partition coefficient (Wildman–Crippen LogP) is 2.22. The van der Waals surface area contributed by atoms with Gasteiger partial charge in [-0.2, -0.15) is 5.10 Å². The van der Waals surface area contributed by atoms with E-state index in [-0.39, 0.29) is 5.91 Å². The first-order valence-corrected chi connectivity index (χ1v) is 6.89. The second-order valence-electron chi connectivity index (χ2n) is 4.59. The molecule has 21 heavy (non-hydrogen) atoms. The lowest BCUT2D eigenvalue weighted by molar-refractivity contribution is -0.121. The second kappa shape index (κ2) is 5.97. The fourth-order valence-electron chi connectivity index (χ4n) is 2.09. The minimum absolute atomic E-state index is 0.0518. The van der Waals surface area contributed by atoms with Crippen LogP contribution in [0.15, 0.2) is 41.2 Å². The number of aromatic nitrogens is 3. The summed E-state index contributed by atoms with van der Waals surface area (Å²) in [5, 5.41) is 10.9. The van der Waals surface area contributed by atoms with Crippen LogP contribution < -0.4 is 5.32 Å². The molecule has 3 aromatic heterocycles. The Bertz CT molecular complexity index is 765. The Morgan fingerprint density at radius 1 is 1.43 bits per heavy atom. The molecule has 0 atom stereocenters. The molecule has 0 aliphatic carbocycles. The maximum absolute atomic E-state index is 11.8. The van der Waals surface area contributed by atoms with Crippen LogP contribution in [-0.2, 0) is 17.8 Å². The van der Waals surface area contributed by atoms with Gasteiger partial charge < -0.3 is 9.84 Å². The van der Waals surface area contributed by atoms with E-state index in [1.165, 1.54) is 0 Å². The molecule has 7 heteroatoms. The SMILES string of the molecule is O=C(CCc1cc(Cl)no1)NCc1cccn2nccc12. The smallest absolute Gasteiger partial charge is 0.220 e. The molecule has 0 fully saturated rings. The van der Waals surface area contributed by atoms with Crippen LogP contribution in [0.25, 0.3) is 5.52 Å².